The van der Waals surface area contributed by atoms with Crippen molar-refractivity contribution in [1.29, 1.82) is 0 Å². The summed E-state index contributed by atoms with van der Waals surface area (Å²) in [6, 6.07) is 22.3. The Hall–Kier alpha value is -2.88. The third kappa shape index (κ3) is 8.31. The smallest absolute Gasteiger partial charge is 0.244 e. The van der Waals surface area contributed by atoms with E-state index >= 15 is 0 Å². The Bertz CT molecular complexity index is 1350. The van der Waals surface area contributed by atoms with Gasteiger partial charge in [0.25, 0.3) is 0 Å². The van der Waals surface area contributed by atoms with Gasteiger partial charge in [-0.05, 0) is 41.8 Å². The van der Waals surface area contributed by atoms with Crippen molar-refractivity contribution in [2.45, 2.75) is 32.4 Å². The van der Waals surface area contributed by atoms with E-state index in [0.29, 0.717) is 27.3 Å². The molecule has 3 aromatic carbocycles. The Morgan fingerprint density at radius 2 is 1.68 bits per heavy atom. The fraction of sp³-hybridized carbons (Fsp3) is 0.286. The van der Waals surface area contributed by atoms with Crippen LogP contribution in [-0.4, -0.2) is 50.5 Å². The zero-order valence-corrected chi connectivity index (χ0v) is 24.5. The summed E-state index contributed by atoms with van der Waals surface area (Å²) in [5.41, 5.74) is 1.85. The zero-order chi connectivity index (χ0) is 27.7. The lowest BCUT2D eigenvalue weighted by Crippen LogP contribution is -2.53. The standard InChI is InChI=1S/C28H31BrClN3O4S/c1-3-16-31-28(35)26(17-21-10-5-4-6-11-21)32(19-22-12-7-8-15-25(22)30)27(34)20-33(38(2,36)37)24-14-9-13-23(29)18-24/h4-15,18,26H,3,16-17,19-20H2,1-2H3,(H,31,35)/t26-/m0/s1. The highest BCUT2D eigenvalue weighted by Gasteiger charge is 2.33. The van der Waals surface area contributed by atoms with Crippen molar-refractivity contribution < 1.29 is 18.0 Å². The van der Waals surface area contributed by atoms with Crippen LogP contribution < -0.4 is 9.62 Å². The van der Waals surface area contributed by atoms with Crippen LogP contribution in [0.2, 0.25) is 5.02 Å². The van der Waals surface area contributed by atoms with Gasteiger partial charge in [-0.2, -0.15) is 0 Å². The molecule has 0 heterocycles. The number of rotatable bonds is 12. The number of carbonyl (C=O) groups is 2. The average molecular weight is 621 g/mol. The summed E-state index contributed by atoms with van der Waals surface area (Å²) in [5.74, 6) is -0.840. The predicted molar refractivity (Wildman–Crippen MR) is 156 cm³/mol. The Balaban J connectivity index is 2.05. The molecule has 0 fully saturated rings. The van der Waals surface area contributed by atoms with Crippen LogP contribution in [0.15, 0.2) is 83.3 Å². The molecular weight excluding hydrogens is 590 g/mol. The maximum absolute atomic E-state index is 14.0. The van der Waals surface area contributed by atoms with E-state index in [0.717, 1.165) is 22.5 Å². The molecule has 0 radical (unpaired) electrons. The lowest BCUT2D eigenvalue weighted by molar-refractivity contribution is -0.140. The maximum Gasteiger partial charge on any atom is 0.244 e. The minimum Gasteiger partial charge on any atom is -0.354 e. The van der Waals surface area contributed by atoms with E-state index in [2.05, 4.69) is 21.2 Å². The number of nitrogens with zero attached hydrogens (tertiary/aromatic N) is 2. The fourth-order valence-corrected chi connectivity index (χ4v) is 5.40. The highest BCUT2D eigenvalue weighted by atomic mass is 79.9. The molecular formula is C28H31BrClN3O4S. The van der Waals surface area contributed by atoms with Gasteiger partial charge in [-0.3, -0.25) is 13.9 Å². The predicted octanol–water partition coefficient (Wildman–Crippen LogP) is 5.03. The summed E-state index contributed by atoms with van der Waals surface area (Å²) >= 11 is 9.81. The summed E-state index contributed by atoms with van der Waals surface area (Å²) in [5, 5.41) is 3.36. The Morgan fingerprint density at radius 1 is 1.00 bits per heavy atom. The minimum absolute atomic E-state index is 0.0334. The van der Waals surface area contributed by atoms with Gasteiger partial charge in [-0.15, -0.1) is 0 Å². The van der Waals surface area contributed by atoms with Crippen LogP contribution in [0.4, 0.5) is 5.69 Å². The fourth-order valence-electron chi connectivity index (χ4n) is 3.98. The quantitative estimate of drug-likeness (QED) is 0.308. The Morgan fingerprint density at radius 3 is 2.32 bits per heavy atom. The van der Waals surface area contributed by atoms with Crippen LogP contribution >= 0.6 is 27.5 Å². The first-order valence-electron chi connectivity index (χ1n) is 12.2. The topological polar surface area (TPSA) is 86.8 Å². The van der Waals surface area contributed by atoms with Crippen molar-refractivity contribution in [3.8, 4) is 0 Å². The Kier molecular flexibility index (Phi) is 10.8. The van der Waals surface area contributed by atoms with E-state index in [1.807, 2.05) is 37.3 Å². The van der Waals surface area contributed by atoms with Crippen molar-refractivity contribution in [3.05, 3.63) is 99.5 Å². The molecule has 2 amide bonds. The van der Waals surface area contributed by atoms with Gasteiger partial charge in [0.15, 0.2) is 0 Å². The summed E-state index contributed by atoms with van der Waals surface area (Å²) < 4.78 is 27.3. The highest BCUT2D eigenvalue weighted by Crippen LogP contribution is 2.24. The SMILES string of the molecule is CCCNC(=O)[C@H](Cc1ccccc1)N(Cc1ccccc1Cl)C(=O)CN(c1cccc(Br)c1)S(C)(=O)=O. The maximum atomic E-state index is 14.0. The number of hydrogen-bond donors (Lipinski definition) is 1. The van der Waals surface area contributed by atoms with Crippen molar-refractivity contribution >= 4 is 55.1 Å². The largest absolute Gasteiger partial charge is 0.354 e. The van der Waals surface area contributed by atoms with Gasteiger partial charge in [0, 0.05) is 29.0 Å². The molecule has 0 aromatic heterocycles. The summed E-state index contributed by atoms with van der Waals surface area (Å²) in [6.45, 7) is 1.95. The summed E-state index contributed by atoms with van der Waals surface area (Å²) in [7, 11) is -3.82. The molecule has 0 unspecified atom stereocenters. The van der Waals surface area contributed by atoms with Gasteiger partial charge in [0.05, 0.1) is 11.9 Å². The number of carbonyl (C=O) groups excluding carboxylic acids is 2. The van der Waals surface area contributed by atoms with Crippen LogP contribution in [0.1, 0.15) is 24.5 Å². The van der Waals surface area contributed by atoms with Crippen molar-refractivity contribution in [1.82, 2.24) is 10.2 Å². The molecule has 0 aliphatic heterocycles. The van der Waals surface area contributed by atoms with E-state index in [1.54, 1.807) is 48.5 Å². The van der Waals surface area contributed by atoms with Crippen molar-refractivity contribution in [2.24, 2.45) is 0 Å². The molecule has 202 valence electrons. The molecule has 38 heavy (non-hydrogen) atoms. The molecule has 0 aliphatic carbocycles. The van der Waals surface area contributed by atoms with E-state index in [4.69, 9.17) is 11.6 Å². The van der Waals surface area contributed by atoms with Gasteiger partial charge in [-0.25, -0.2) is 8.42 Å². The third-order valence-corrected chi connectivity index (χ3v) is 7.90. The number of anilines is 1. The molecule has 0 saturated carbocycles. The lowest BCUT2D eigenvalue weighted by Gasteiger charge is -2.33. The van der Waals surface area contributed by atoms with E-state index in [-0.39, 0.29) is 18.9 Å². The first-order chi connectivity index (χ1) is 18.1. The van der Waals surface area contributed by atoms with E-state index in [9.17, 15) is 18.0 Å². The number of hydrogen-bond acceptors (Lipinski definition) is 4. The molecule has 0 bridgehead atoms. The molecule has 0 aliphatic rings. The van der Waals surface area contributed by atoms with E-state index in [1.165, 1.54) is 4.90 Å². The highest BCUT2D eigenvalue weighted by molar-refractivity contribution is 9.10. The molecule has 3 aromatic rings. The molecule has 10 heteroatoms. The van der Waals surface area contributed by atoms with Crippen LogP contribution in [0.3, 0.4) is 0 Å². The average Bonchev–Trinajstić information content (AvgIpc) is 2.88. The van der Waals surface area contributed by atoms with Gasteiger partial charge < -0.3 is 10.2 Å². The molecule has 1 atom stereocenters. The number of halogens is 2. The minimum atomic E-state index is -3.82. The second-order valence-corrected chi connectivity index (χ2v) is 12.1. The van der Waals surface area contributed by atoms with Crippen LogP contribution in [0, 0.1) is 0 Å². The monoisotopic (exact) mass is 619 g/mol. The van der Waals surface area contributed by atoms with Gasteiger partial charge in [0.2, 0.25) is 21.8 Å². The van der Waals surface area contributed by atoms with Gasteiger partial charge in [-0.1, -0.05) is 89.1 Å². The molecule has 0 spiro atoms. The van der Waals surface area contributed by atoms with Gasteiger partial charge in [0.1, 0.15) is 12.6 Å². The number of sulfonamides is 1. The van der Waals surface area contributed by atoms with Crippen LogP contribution in [0.5, 0.6) is 0 Å². The van der Waals surface area contributed by atoms with Crippen molar-refractivity contribution in [2.75, 3.05) is 23.7 Å². The molecule has 3 rings (SSSR count). The van der Waals surface area contributed by atoms with Crippen LogP contribution in [-0.2, 0) is 32.6 Å². The normalized spacial score (nSPS) is 12.0. The zero-order valence-electron chi connectivity index (χ0n) is 21.3. The number of benzene rings is 3. The lowest BCUT2D eigenvalue weighted by atomic mass is 10.0. The summed E-state index contributed by atoms with van der Waals surface area (Å²) in [4.78, 5) is 28.8. The first-order valence-corrected chi connectivity index (χ1v) is 15.2. The number of nitrogens with one attached hydrogen (secondary N) is 1. The number of amides is 2. The second-order valence-electron chi connectivity index (χ2n) is 8.86. The second kappa shape index (κ2) is 13.8. The van der Waals surface area contributed by atoms with Crippen LogP contribution in [0.25, 0.3) is 0 Å². The van der Waals surface area contributed by atoms with Gasteiger partial charge >= 0.3 is 0 Å². The molecule has 1 N–H and O–H groups in total. The first kappa shape index (κ1) is 29.7. The van der Waals surface area contributed by atoms with E-state index < -0.39 is 28.5 Å². The summed E-state index contributed by atoms with van der Waals surface area (Å²) in [6.07, 6.45) is 2.03. The van der Waals surface area contributed by atoms with Crippen molar-refractivity contribution in [3.63, 3.8) is 0 Å². The molecule has 0 saturated heterocycles. The third-order valence-electron chi connectivity index (χ3n) is 5.89. The molecule has 7 nitrogen and oxygen atoms in total. The Labute approximate surface area is 238 Å².